The van der Waals surface area contributed by atoms with Gasteiger partial charge in [-0.1, -0.05) is 19.3 Å². The summed E-state index contributed by atoms with van der Waals surface area (Å²) in [5, 5.41) is 8.06. The van der Waals surface area contributed by atoms with Gasteiger partial charge in [-0.3, -0.25) is 4.79 Å². The van der Waals surface area contributed by atoms with Crippen LogP contribution in [0.3, 0.4) is 0 Å². The van der Waals surface area contributed by atoms with Crippen molar-refractivity contribution in [3.8, 4) is 0 Å². The molecule has 148 valence electrons. The van der Waals surface area contributed by atoms with Gasteiger partial charge in [0.05, 0.1) is 4.90 Å². The Morgan fingerprint density at radius 1 is 1.14 bits per heavy atom. The van der Waals surface area contributed by atoms with E-state index in [2.05, 4.69) is 29.8 Å². The molecular weight excluding hydrogens is 374 g/mol. The van der Waals surface area contributed by atoms with Crippen LogP contribution < -0.4 is 10.5 Å². The predicted octanol–water partition coefficient (Wildman–Crippen LogP) is 3.75. The number of amides is 1. The number of fused-ring (bicyclic) bond motifs is 1. The number of nitrogens with two attached hydrogens (primary N) is 1. The SMILES string of the molecule is Cc1cc(/C=C2\C(=O)Nc3ccc(S(N)(=O)=O)cc32)c(C)n1C1CCCCC1. The molecule has 1 aliphatic heterocycles. The standard InChI is InChI=1S/C21H25N3O3S/c1-13-10-15(14(2)24(13)16-6-4-3-5-7-16)11-19-18-12-17(28(22,26)27)8-9-20(18)23-21(19)25/h8-12,16H,3-7H2,1-2H3,(H,23,25)(H2,22,26,27)/b19-11-. The zero-order valence-electron chi connectivity index (χ0n) is 16.2. The second-order valence-corrected chi connectivity index (χ2v) is 9.31. The van der Waals surface area contributed by atoms with Crippen molar-refractivity contribution in [2.45, 2.75) is 56.9 Å². The second-order valence-electron chi connectivity index (χ2n) is 7.75. The van der Waals surface area contributed by atoms with Gasteiger partial charge in [-0.25, -0.2) is 13.6 Å². The molecule has 0 unspecified atom stereocenters. The normalized spacial score (nSPS) is 19.1. The molecule has 2 aromatic rings. The van der Waals surface area contributed by atoms with Crippen LogP contribution in [0.25, 0.3) is 11.6 Å². The lowest BCUT2D eigenvalue weighted by Gasteiger charge is -2.26. The molecule has 4 rings (SSSR count). The molecule has 1 aliphatic carbocycles. The highest BCUT2D eigenvalue weighted by molar-refractivity contribution is 7.89. The number of hydrogen-bond acceptors (Lipinski definition) is 3. The monoisotopic (exact) mass is 399 g/mol. The van der Waals surface area contributed by atoms with E-state index in [1.165, 1.54) is 49.9 Å². The molecule has 0 saturated heterocycles. The summed E-state index contributed by atoms with van der Waals surface area (Å²) < 4.78 is 25.8. The van der Waals surface area contributed by atoms with Crippen LogP contribution in [0.1, 0.15) is 60.7 Å². The number of sulfonamides is 1. The molecule has 1 aromatic carbocycles. The van der Waals surface area contributed by atoms with Crippen LogP contribution in [0.4, 0.5) is 5.69 Å². The van der Waals surface area contributed by atoms with Crippen molar-refractivity contribution in [1.82, 2.24) is 4.57 Å². The molecule has 2 heterocycles. The summed E-state index contributed by atoms with van der Waals surface area (Å²) in [4.78, 5) is 12.5. The molecular formula is C21H25N3O3S. The molecule has 28 heavy (non-hydrogen) atoms. The molecule has 1 saturated carbocycles. The Bertz CT molecular complexity index is 1090. The van der Waals surface area contributed by atoms with Gasteiger partial charge in [0.25, 0.3) is 5.91 Å². The highest BCUT2D eigenvalue weighted by Crippen LogP contribution is 2.37. The third-order valence-corrected chi connectivity index (χ3v) is 6.78. The van der Waals surface area contributed by atoms with E-state index < -0.39 is 10.0 Å². The maximum atomic E-state index is 12.5. The smallest absolute Gasteiger partial charge is 0.256 e. The van der Waals surface area contributed by atoms with E-state index in [0.717, 1.165) is 11.3 Å². The molecule has 3 N–H and O–H groups in total. The van der Waals surface area contributed by atoms with Gasteiger partial charge in [-0.15, -0.1) is 0 Å². The van der Waals surface area contributed by atoms with Crippen molar-refractivity contribution in [3.63, 3.8) is 0 Å². The van der Waals surface area contributed by atoms with Crippen LogP contribution in [0.15, 0.2) is 29.2 Å². The third-order valence-electron chi connectivity index (χ3n) is 5.87. The first kappa shape index (κ1) is 19.0. The van der Waals surface area contributed by atoms with E-state index >= 15 is 0 Å². The molecule has 0 bridgehead atoms. The lowest BCUT2D eigenvalue weighted by Crippen LogP contribution is -2.15. The average Bonchev–Trinajstić information content (AvgIpc) is 3.11. The zero-order chi connectivity index (χ0) is 20.1. The molecule has 7 heteroatoms. The van der Waals surface area contributed by atoms with Gasteiger partial charge in [-0.2, -0.15) is 0 Å². The summed E-state index contributed by atoms with van der Waals surface area (Å²) in [6.45, 7) is 4.19. The number of carbonyl (C=O) groups excluding carboxylic acids is 1. The number of primary sulfonamides is 1. The fraction of sp³-hybridized carbons (Fsp3) is 0.381. The fourth-order valence-corrected chi connectivity index (χ4v) is 5.03. The largest absolute Gasteiger partial charge is 0.346 e. The fourth-order valence-electron chi connectivity index (χ4n) is 4.49. The summed E-state index contributed by atoms with van der Waals surface area (Å²) in [6, 6.07) is 7.07. The van der Waals surface area contributed by atoms with Crippen LogP contribution >= 0.6 is 0 Å². The molecule has 0 spiro atoms. The number of hydrogen-bond donors (Lipinski definition) is 2. The number of aromatic nitrogens is 1. The molecule has 1 aromatic heterocycles. The lowest BCUT2D eigenvalue weighted by atomic mass is 9.95. The van der Waals surface area contributed by atoms with E-state index in [9.17, 15) is 13.2 Å². The highest BCUT2D eigenvalue weighted by atomic mass is 32.2. The van der Waals surface area contributed by atoms with Crippen LogP contribution in [0.5, 0.6) is 0 Å². The lowest BCUT2D eigenvalue weighted by molar-refractivity contribution is -0.110. The summed E-state index contributed by atoms with van der Waals surface area (Å²) in [5.41, 5.74) is 4.95. The number of benzene rings is 1. The quantitative estimate of drug-likeness (QED) is 0.770. The number of carbonyl (C=O) groups is 1. The van der Waals surface area contributed by atoms with Gasteiger partial charge in [0.2, 0.25) is 10.0 Å². The van der Waals surface area contributed by atoms with Crippen molar-refractivity contribution in [1.29, 1.82) is 0 Å². The van der Waals surface area contributed by atoms with Crippen LogP contribution in [-0.2, 0) is 14.8 Å². The Morgan fingerprint density at radius 3 is 2.54 bits per heavy atom. The van der Waals surface area contributed by atoms with Gasteiger partial charge < -0.3 is 9.88 Å². The van der Waals surface area contributed by atoms with Crippen LogP contribution in [0, 0.1) is 13.8 Å². The Hall–Kier alpha value is -2.38. The van der Waals surface area contributed by atoms with Crippen molar-refractivity contribution in [3.05, 3.63) is 46.8 Å². The second kappa shape index (κ2) is 6.90. The average molecular weight is 400 g/mol. The predicted molar refractivity (Wildman–Crippen MR) is 110 cm³/mol. The molecule has 1 amide bonds. The van der Waals surface area contributed by atoms with Crippen molar-refractivity contribution < 1.29 is 13.2 Å². The van der Waals surface area contributed by atoms with Crippen molar-refractivity contribution in [2.24, 2.45) is 5.14 Å². The van der Waals surface area contributed by atoms with E-state index in [0.29, 0.717) is 22.9 Å². The number of nitrogens with one attached hydrogen (secondary N) is 1. The minimum atomic E-state index is -3.83. The van der Waals surface area contributed by atoms with Crippen LogP contribution in [-0.4, -0.2) is 18.9 Å². The summed E-state index contributed by atoms with van der Waals surface area (Å²) in [7, 11) is -3.83. The Balaban J connectivity index is 1.78. The van der Waals surface area contributed by atoms with Gasteiger partial charge in [0.1, 0.15) is 0 Å². The van der Waals surface area contributed by atoms with Crippen molar-refractivity contribution in [2.75, 3.05) is 5.32 Å². The number of rotatable bonds is 3. The Labute approximate surface area is 165 Å². The molecule has 1 fully saturated rings. The molecule has 0 atom stereocenters. The first-order valence-electron chi connectivity index (χ1n) is 9.64. The van der Waals surface area contributed by atoms with E-state index in [1.54, 1.807) is 6.07 Å². The zero-order valence-corrected chi connectivity index (χ0v) is 17.0. The topological polar surface area (TPSA) is 94.2 Å². The first-order chi connectivity index (χ1) is 13.3. The van der Waals surface area contributed by atoms with Gasteiger partial charge in [0, 0.05) is 34.3 Å². The van der Waals surface area contributed by atoms with E-state index in [4.69, 9.17) is 5.14 Å². The summed E-state index contributed by atoms with van der Waals surface area (Å²) in [6.07, 6.45) is 8.04. The number of nitrogens with zero attached hydrogens (tertiary/aromatic N) is 1. The Kier molecular flexibility index (Phi) is 4.67. The highest BCUT2D eigenvalue weighted by Gasteiger charge is 2.27. The van der Waals surface area contributed by atoms with Gasteiger partial charge in [0.15, 0.2) is 0 Å². The summed E-state index contributed by atoms with van der Waals surface area (Å²) >= 11 is 0. The number of aryl methyl sites for hydroxylation is 1. The first-order valence-corrected chi connectivity index (χ1v) is 11.2. The van der Waals surface area contributed by atoms with Crippen LogP contribution in [0.2, 0.25) is 0 Å². The molecule has 2 aliphatic rings. The van der Waals surface area contributed by atoms with E-state index in [1.807, 2.05) is 6.08 Å². The van der Waals surface area contributed by atoms with Gasteiger partial charge >= 0.3 is 0 Å². The summed E-state index contributed by atoms with van der Waals surface area (Å²) in [5.74, 6) is -0.232. The minimum absolute atomic E-state index is 0.00123. The molecule has 6 nitrogen and oxygen atoms in total. The van der Waals surface area contributed by atoms with Gasteiger partial charge in [-0.05, 0) is 62.6 Å². The maximum Gasteiger partial charge on any atom is 0.256 e. The minimum Gasteiger partial charge on any atom is -0.346 e. The maximum absolute atomic E-state index is 12.5. The van der Waals surface area contributed by atoms with E-state index in [-0.39, 0.29) is 10.8 Å². The number of anilines is 1. The van der Waals surface area contributed by atoms with Crippen molar-refractivity contribution >= 4 is 33.3 Å². The Morgan fingerprint density at radius 2 is 1.86 bits per heavy atom. The molecule has 0 radical (unpaired) electrons. The third kappa shape index (κ3) is 3.29.